The number of fused-ring (bicyclic) bond motifs is 1. The number of anilines is 1. The van der Waals surface area contributed by atoms with Crippen molar-refractivity contribution in [3.8, 4) is 5.69 Å². The number of thioether (sulfide) groups is 1. The number of carboxylic acid groups (broad SMARTS) is 1. The molecule has 0 bridgehead atoms. The minimum Gasteiger partial charge on any atom is -0.478 e. The molecule has 1 aromatic heterocycles. The normalized spacial score (nSPS) is 18.7. The first kappa shape index (κ1) is 32.7. The van der Waals surface area contributed by atoms with E-state index in [-0.39, 0.29) is 55.3 Å². The molecule has 3 heterocycles. The first-order chi connectivity index (χ1) is 21.3. The lowest BCUT2D eigenvalue weighted by atomic mass is 9.94. The standard InChI is InChI=1S/C28H37N7O8S/c36-23(4-2-1-3-22-20-15-25(38)32-21(20)17-44-22)30-12-14-42-13-9-24(37)29-10-11-31-28(41)33-26-16-35(34-43-26)19-7-5-18(6-8-19)27(39)40/h5-8,16,20-22H,1-4,9-15,17H2,(H5-,29,30,31,32,33,34,36,37,38,39,40,41)/p+1. The molecule has 0 radical (unpaired) electrons. The number of ether oxygens (including phenoxy) is 1. The van der Waals surface area contributed by atoms with Crippen molar-refractivity contribution in [1.82, 2.24) is 26.5 Å². The van der Waals surface area contributed by atoms with Crippen LogP contribution in [0, 0.1) is 5.92 Å². The maximum atomic E-state index is 12.1. The van der Waals surface area contributed by atoms with Crippen LogP contribution in [0.5, 0.6) is 0 Å². The Morgan fingerprint density at radius 2 is 1.77 bits per heavy atom. The quantitative estimate of drug-likeness (QED) is 0.106. The largest absolute Gasteiger partial charge is 0.478 e. The number of unbranched alkanes of at least 4 members (excludes halogenated alkanes) is 1. The zero-order valence-electron chi connectivity index (χ0n) is 24.2. The van der Waals surface area contributed by atoms with E-state index in [4.69, 9.17) is 14.4 Å². The average Bonchev–Trinajstić information content (AvgIpc) is 3.72. The lowest BCUT2D eigenvalue weighted by Gasteiger charge is -2.15. The predicted molar refractivity (Wildman–Crippen MR) is 158 cm³/mol. The van der Waals surface area contributed by atoms with E-state index < -0.39 is 12.0 Å². The van der Waals surface area contributed by atoms with Crippen LogP contribution in [0.3, 0.4) is 0 Å². The summed E-state index contributed by atoms with van der Waals surface area (Å²) < 4.78 is 11.8. The Morgan fingerprint density at radius 3 is 2.57 bits per heavy atom. The number of rotatable bonds is 17. The van der Waals surface area contributed by atoms with E-state index in [0.29, 0.717) is 48.9 Å². The molecule has 6 N–H and O–H groups in total. The van der Waals surface area contributed by atoms with Gasteiger partial charge in [0.1, 0.15) is 0 Å². The number of amides is 5. The average molecular weight is 633 g/mol. The zero-order valence-corrected chi connectivity index (χ0v) is 25.0. The fourth-order valence-electron chi connectivity index (χ4n) is 4.98. The number of hydrogen-bond donors (Lipinski definition) is 6. The highest BCUT2D eigenvalue weighted by molar-refractivity contribution is 8.00. The number of nitrogens with zero attached hydrogens (tertiary/aromatic N) is 2. The molecule has 0 aliphatic carbocycles. The van der Waals surface area contributed by atoms with E-state index in [1.807, 2.05) is 11.8 Å². The fraction of sp³-hybridized carbons (Fsp3) is 0.536. The van der Waals surface area contributed by atoms with E-state index in [1.165, 1.54) is 23.0 Å². The van der Waals surface area contributed by atoms with Crippen molar-refractivity contribution in [3.63, 3.8) is 0 Å². The molecule has 2 aromatic rings. The highest BCUT2D eigenvalue weighted by Crippen LogP contribution is 2.40. The lowest BCUT2D eigenvalue weighted by molar-refractivity contribution is -0.670. The van der Waals surface area contributed by atoms with Crippen LogP contribution in [0.15, 0.2) is 35.0 Å². The summed E-state index contributed by atoms with van der Waals surface area (Å²) in [6.07, 6.45) is 5.46. The fourth-order valence-corrected chi connectivity index (χ4v) is 6.64. The molecule has 0 spiro atoms. The van der Waals surface area contributed by atoms with Crippen molar-refractivity contribution < 1.29 is 43.0 Å². The highest BCUT2D eigenvalue weighted by atomic mass is 32.2. The number of benzene rings is 1. The number of carboxylic acids is 1. The molecule has 16 heteroatoms. The number of carbonyl (C=O) groups is 5. The lowest BCUT2D eigenvalue weighted by Crippen LogP contribution is -2.37. The number of aromatic carboxylic acids is 1. The van der Waals surface area contributed by atoms with Gasteiger partial charge in [-0.05, 0) is 29.7 Å². The molecule has 0 saturated carbocycles. The van der Waals surface area contributed by atoms with Gasteiger partial charge in [-0.1, -0.05) is 6.42 Å². The third-order valence-electron chi connectivity index (χ3n) is 7.25. The Bertz CT molecular complexity index is 1310. The van der Waals surface area contributed by atoms with Crippen LogP contribution in [0.25, 0.3) is 5.69 Å². The summed E-state index contributed by atoms with van der Waals surface area (Å²) in [6, 6.07) is 5.72. The SMILES string of the molecule is O=C(CCCCC1SCC2NC(=O)CC21)NCCOCCC(=O)NCCNC(=O)Nc1c[n+](-c2ccc(C(=O)O)cc2)no1. The van der Waals surface area contributed by atoms with Gasteiger partial charge in [-0.3, -0.25) is 24.2 Å². The van der Waals surface area contributed by atoms with Crippen LogP contribution in [0.4, 0.5) is 10.7 Å². The second-order valence-electron chi connectivity index (χ2n) is 10.5. The number of urea groups is 1. The van der Waals surface area contributed by atoms with Crippen LogP contribution in [-0.2, 0) is 19.1 Å². The molecular weight excluding hydrogens is 594 g/mol. The highest BCUT2D eigenvalue weighted by Gasteiger charge is 2.42. The maximum Gasteiger partial charge on any atom is 0.335 e. The molecule has 15 nitrogen and oxygen atoms in total. The number of nitrogens with one attached hydrogen (secondary N) is 5. The van der Waals surface area contributed by atoms with Crippen LogP contribution >= 0.6 is 11.8 Å². The summed E-state index contributed by atoms with van der Waals surface area (Å²) in [4.78, 5) is 58.6. The Balaban J connectivity index is 0.954. The Hall–Kier alpha value is -4.18. The Labute approximate surface area is 258 Å². The summed E-state index contributed by atoms with van der Waals surface area (Å²) in [7, 11) is 0. The van der Waals surface area contributed by atoms with Crippen molar-refractivity contribution >= 4 is 47.4 Å². The molecule has 1 aromatic carbocycles. The Kier molecular flexibility index (Phi) is 12.4. The van der Waals surface area contributed by atoms with Gasteiger partial charge in [0, 0.05) is 74.0 Å². The minimum absolute atomic E-state index is 0.0210. The molecule has 4 rings (SSSR count). The molecule has 5 amide bonds. The number of carbonyl (C=O) groups excluding carboxylic acids is 4. The van der Waals surface area contributed by atoms with E-state index >= 15 is 0 Å². The van der Waals surface area contributed by atoms with Crippen LogP contribution in [-0.4, -0.2) is 90.0 Å². The molecule has 2 aliphatic heterocycles. The van der Waals surface area contributed by atoms with Gasteiger partial charge < -0.3 is 31.1 Å². The maximum absolute atomic E-state index is 12.1. The van der Waals surface area contributed by atoms with Crippen molar-refractivity contribution in [2.75, 3.05) is 43.9 Å². The second kappa shape index (κ2) is 16.6. The summed E-state index contributed by atoms with van der Waals surface area (Å²) in [5, 5.41) is 26.9. The van der Waals surface area contributed by atoms with Gasteiger partial charge >= 0.3 is 17.9 Å². The van der Waals surface area contributed by atoms with E-state index in [1.54, 1.807) is 12.1 Å². The monoisotopic (exact) mass is 632 g/mol. The van der Waals surface area contributed by atoms with Gasteiger partial charge in [0.2, 0.25) is 28.7 Å². The van der Waals surface area contributed by atoms with Crippen LogP contribution in [0.1, 0.15) is 48.9 Å². The smallest absolute Gasteiger partial charge is 0.335 e. The van der Waals surface area contributed by atoms with Crippen LogP contribution < -0.4 is 31.3 Å². The van der Waals surface area contributed by atoms with Crippen molar-refractivity contribution in [3.05, 3.63) is 36.0 Å². The molecule has 3 unspecified atom stereocenters. The zero-order chi connectivity index (χ0) is 31.3. The van der Waals surface area contributed by atoms with Gasteiger partial charge in [0.05, 0.1) is 18.8 Å². The number of hydrogen-bond acceptors (Lipinski definition) is 9. The molecule has 3 atom stereocenters. The minimum atomic E-state index is -1.04. The second-order valence-corrected chi connectivity index (χ2v) is 11.7. The third-order valence-corrected chi connectivity index (χ3v) is 8.82. The van der Waals surface area contributed by atoms with Gasteiger partial charge in [-0.2, -0.15) is 11.8 Å². The van der Waals surface area contributed by atoms with Gasteiger partial charge in [-0.15, -0.1) is 0 Å². The van der Waals surface area contributed by atoms with Gasteiger partial charge in [0.25, 0.3) is 6.20 Å². The van der Waals surface area contributed by atoms with Gasteiger partial charge in [0.15, 0.2) is 0 Å². The van der Waals surface area contributed by atoms with Crippen LogP contribution in [0.2, 0.25) is 0 Å². The topological polar surface area (TPSA) is 205 Å². The van der Waals surface area contributed by atoms with E-state index in [0.717, 1.165) is 25.0 Å². The summed E-state index contributed by atoms with van der Waals surface area (Å²) in [6.45, 7) is 1.27. The first-order valence-electron chi connectivity index (χ1n) is 14.6. The van der Waals surface area contributed by atoms with E-state index in [9.17, 15) is 24.0 Å². The molecular formula is C28H38N7O8S+. The summed E-state index contributed by atoms with van der Waals surface area (Å²) in [5.41, 5.74) is 0.679. The van der Waals surface area contributed by atoms with Crippen molar-refractivity contribution in [2.24, 2.45) is 5.92 Å². The Morgan fingerprint density at radius 1 is 1.02 bits per heavy atom. The molecule has 2 fully saturated rings. The molecule has 44 heavy (non-hydrogen) atoms. The van der Waals surface area contributed by atoms with Gasteiger partial charge in [-0.25, -0.2) is 9.59 Å². The first-order valence-corrected chi connectivity index (χ1v) is 15.6. The summed E-state index contributed by atoms with van der Waals surface area (Å²) >= 11 is 1.93. The third kappa shape index (κ3) is 10.2. The van der Waals surface area contributed by atoms with Crippen molar-refractivity contribution in [1.29, 1.82) is 0 Å². The summed E-state index contributed by atoms with van der Waals surface area (Å²) in [5.74, 6) is 0.363. The number of aromatic nitrogens is 2. The predicted octanol–water partition coefficient (Wildman–Crippen LogP) is 0.591. The molecule has 2 saturated heterocycles. The van der Waals surface area contributed by atoms with Crippen molar-refractivity contribution in [2.45, 2.75) is 49.8 Å². The molecule has 2 aliphatic rings. The van der Waals surface area contributed by atoms with E-state index in [2.05, 4.69) is 31.9 Å². The molecule has 238 valence electrons.